The number of H-pyrrole nitrogens is 1. The fraction of sp³-hybridized carbons (Fsp3) is 0.429. The largest absolute Gasteiger partial charge is 0.494 e. The van der Waals surface area contributed by atoms with Crippen LogP contribution in [0.5, 0.6) is 11.6 Å². The van der Waals surface area contributed by atoms with E-state index in [1.807, 2.05) is 0 Å². The molecule has 1 unspecified atom stereocenters. The summed E-state index contributed by atoms with van der Waals surface area (Å²) < 4.78 is 19.1. The van der Waals surface area contributed by atoms with Crippen LogP contribution >= 0.6 is 11.3 Å². The second-order valence-electron chi connectivity index (χ2n) is 7.73. The Morgan fingerprint density at radius 1 is 1.26 bits per heavy atom. The van der Waals surface area contributed by atoms with Crippen molar-refractivity contribution < 1.29 is 14.2 Å². The number of aromatic amines is 1. The molecular formula is C21H27FN8O3S. The lowest BCUT2D eigenvalue weighted by molar-refractivity contribution is 0.277. The first-order valence-corrected chi connectivity index (χ1v) is 11.8. The number of likely N-dealkylation sites (tertiary alicyclic amines) is 1. The van der Waals surface area contributed by atoms with Crippen LogP contribution in [0.15, 0.2) is 23.0 Å². The third-order valence-corrected chi connectivity index (χ3v) is 6.42. The molecule has 3 heterocycles. The number of rotatable bonds is 10. The molecule has 4 rings (SSSR count). The minimum atomic E-state index is -0.517. The molecule has 34 heavy (non-hydrogen) atoms. The number of hydrogen-bond donors (Lipinski definition) is 5. The first-order valence-electron chi connectivity index (χ1n) is 10.9. The molecule has 3 aromatic rings. The Kier molecular flexibility index (Phi) is 7.43. The Labute approximate surface area is 199 Å². The highest BCUT2D eigenvalue weighted by Crippen LogP contribution is 2.24. The highest BCUT2D eigenvalue weighted by molar-refractivity contribution is 7.09. The summed E-state index contributed by atoms with van der Waals surface area (Å²) in [6, 6.07) is 4.83. The van der Waals surface area contributed by atoms with Gasteiger partial charge in [-0.15, -0.1) is 0 Å². The van der Waals surface area contributed by atoms with E-state index in [4.69, 9.17) is 4.74 Å². The monoisotopic (exact) mass is 490 g/mol. The van der Waals surface area contributed by atoms with Crippen molar-refractivity contribution in [3.63, 3.8) is 0 Å². The zero-order valence-corrected chi connectivity index (χ0v) is 19.7. The van der Waals surface area contributed by atoms with Crippen molar-refractivity contribution in [3.8, 4) is 11.6 Å². The molecule has 1 saturated heterocycles. The molecule has 0 aliphatic carbocycles. The number of methoxy groups -OCH3 is 1. The third-order valence-electron chi connectivity index (χ3n) is 5.55. The van der Waals surface area contributed by atoms with Crippen LogP contribution in [-0.4, -0.2) is 62.7 Å². The number of nitrogens with one attached hydrogen (secondary N) is 4. The number of halogens is 1. The Morgan fingerprint density at radius 2 is 2.03 bits per heavy atom. The molecule has 1 aliphatic rings. The molecule has 1 aliphatic heterocycles. The van der Waals surface area contributed by atoms with E-state index in [2.05, 4.69) is 47.7 Å². The van der Waals surface area contributed by atoms with Gasteiger partial charge in [-0.2, -0.15) is 15.0 Å². The summed E-state index contributed by atoms with van der Waals surface area (Å²) in [4.78, 5) is 29.4. The first-order chi connectivity index (χ1) is 16.4. The molecule has 1 aromatic carbocycles. The first kappa shape index (κ1) is 23.7. The lowest BCUT2D eigenvalue weighted by atomic mass is 10.2. The summed E-state index contributed by atoms with van der Waals surface area (Å²) in [6.45, 7) is 5.01. The molecule has 11 nitrogen and oxygen atoms in total. The molecule has 2 aromatic heterocycles. The van der Waals surface area contributed by atoms with Gasteiger partial charge in [0.25, 0.3) is 0 Å². The number of aromatic nitrogens is 4. The summed E-state index contributed by atoms with van der Waals surface area (Å²) in [5, 5.41) is 19.1. The molecule has 0 radical (unpaired) electrons. The summed E-state index contributed by atoms with van der Waals surface area (Å²) in [6.07, 6.45) is 2.25. The number of anilines is 4. The number of thiazole rings is 1. The quantitative estimate of drug-likeness (QED) is 0.288. The smallest absolute Gasteiger partial charge is 0.307 e. The van der Waals surface area contributed by atoms with E-state index in [1.54, 1.807) is 6.07 Å². The Morgan fingerprint density at radius 3 is 2.71 bits per heavy atom. The van der Waals surface area contributed by atoms with E-state index in [1.165, 1.54) is 19.2 Å². The molecule has 0 amide bonds. The number of ether oxygens (including phenoxy) is 1. The van der Waals surface area contributed by atoms with Gasteiger partial charge in [-0.25, -0.2) is 4.39 Å². The fourth-order valence-electron chi connectivity index (χ4n) is 3.85. The fourth-order valence-corrected chi connectivity index (χ4v) is 4.51. The minimum Gasteiger partial charge on any atom is -0.494 e. The van der Waals surface area contributed by atoms with Gasteiger partial charge in [0.2, 0.25) is 23.7 Å². The van der Waals surface area contributed by atoms with Crippen molar-refractivity contribution >= 4 is 34.9 Å². The number of hydrogen-bond acceptors (Lipinski definition) is 11. The molecule has 0 spiro atoms. The van der Waals surface area contributed by atoms with Gasteiger partial charge in [-0.1, -0.05) is 18.3 Å². The van der Waals surface area contributed by atoms with Gasteiger partial charge in [0.05, 0.1) is 18.5 Å². The van der Waals surface area contributed by atoms with E-state index in [-0.39, 0.29) is 34.9 Å². The van der Waals surface area contributed by atoms with Crippen LogP contribution in [-0.2, 0) is 6.54 Å². The number of benzene rings is 1. The molecule has 0 saturated carbocycles. The standard InChI is InChI=1S/C21H27FN8O3S/c1-3-30-8-4-5-13(30)10-23-18-27-19(24-11-16-17(31)26-21(32)34-16)29-20(28-18)25-12-6-7-15(33-2)14(22)9-12/h6-7,9,13,31H,3-5,8,10-11H2,1-2H3,(H,26,32)(H3,23,24,25,27,28,29). The van der Waals surface area contributed by atoms with Crippen LogP contribution < -0.4 is 25.6 Å². The van der Waals surface area contributed by atoms with Crippen molar-refractivity contribution in [2.75, 3.05) is 42.7 Å². The predicted molar refractivity (Wildman–Crippen MR) is 129 cm³/mol. The predicted octanol–water partition coefficient (Wildman–Crippen LogP) is 2.73. The van der Waals surface area contributed by atoms with E-state index < -0.39 is 5.82 Å². The van der Waals surface area contributed by atoms with Gasteiger partial charge >= 0.3 is 4.87 Å². The highest BCUT2D eigenvalue weighted by atomic mass is 32.1. The average molecular weight is 491 g/mol. The van der Waals surface area contributed by atoms with Crippen LogP contribution in [0.1, 0.15) is 24.6 Å². The van der Waals surface area contributed by atoms with Crippen LogP contribution in [0.3, 0.4) is 0 Å². The molecule has 0 bridgehead atoms. The minimum absolute atomic E-state index is 0.133. The van der Waals surface area contributed by atoms with Gasteiger partial charge in [-0.05, 0) is 38.1 Å². The second kappa shape index (κ2) is 10.7. The molecule has 1 fully saturated rings. The van der Waals surface area contributed by atoms with E-state index in [0.29, 0.717) is 29.1 Å². The van der Waals surface area contributed by atoms with Crippen molar-refractivity contribution in [2.45, 2.75) is 32.4 Å². The summed E-state index contributed by atoms with van der Waals surface area (Å²) in [7, 11) is 1.40. The third kappa shape index (κ3) is 5.72. The van der Waals surface area contributed by atoms with Crippen molar-refractivity contribution in [1.82, 2.24) is 24.8 Å². The lowest BCUT2D eigenvalue weighted by Gasteiger charge is -2.23. The molecular weight excluding hydrogens is 463 g/mol. The molecule has 182 valence electrons. The Hall–Kier alpha value is -3.45. The van der Waals surface area contributed by atoms with Crippen molar-refractivity contribution in [3.05, 3.63) is 38.6 Å². The maximum Gasteiger partial charge on any atom is 0.307 e. The zero-order chi connectivity index (χ0) is 24.1. The maximum absolute atomic E-state index is 14.1. The normalized spacial score (nSPS) is 15.9. The average Bonchev–Trinajstić information content (AvgIpc) is 3.41. The van der Waals surface area contributed by atoms with Gasteiger partial charge < -0.3 is 25.8 Å². The molecule has 5 N–H and O–H groups in total. The van der Waals surface area contributed by atoms with Crippen molar-refractivity contribution in [2.24, 2.45) is 0 Å². The van der Waals surface area contributed by atoms with Gasteiger partial charge in [0.15, 0.2) is 11.6 Å². The topological polar surface area (TPSA) is 140 Å². The van der Waals surface area contributed by atoms with Gasteiger partial charge in [0.1, 0.15) is 0 Å². The molecule has 13 heteroatoms. The van der Waals surface area contributed by atoms with Gasteiger partial charge in [-0.3, -0.25) is 14.7 Å². The van der Waals surface area contributed by atoms with E-state index in [9.17, 15) is 14.3 Å². The summed E-state index contributed by atoms with van der Waals surface area (Å²) in [5.74, 6) is 0.208. The summed E-state index contributed by atoms with van der Waals surface area (Å²) in [5.41, 5.74) is 0.441. The Bertz CT molecular complexity index is 1190. The molecule has 1 atom stereocenters. The summed E-state index contributed by atoms with van der Waals surface area (Å²) >= 11 is 0.894. The SMILES string of the molecule is CCN1CCCC1CNc1nc(NCc2sc(=O)[nH]c2O)nc(Nc2ccc(OC)c(F)c2)n1. The van der Waals surface area contributed by atoms with Crippen molar-refractivity contribution in [1.29, 1.82) is 0 Å². The van der Waals surface area contributed by atoms with E-state index >= 15 is 0 Å². The van der Waals surface area contributed by atoms with Gasteiger partial charge in [0, 0.05) is 24.3 Å². The number of nitrogens with zero attached hydrogens (tertiary/aromatic N) is 4. The zero-order valence-electron chi connectivity index (χ0n) is 18.9. The second-order valence-corrected chi connectivity index (χ2v) is 8.79. The van der Waals surface area contributed by atoms with E-state index in [0.717, 1.165) is 37.3 Å². The number of aromatic hydroxyl groups is 1. The maximum atomic E-state index is 14.1. The van der Waals surface area contributed by atoms with Crippen LogP contribution in [0, 0.1) is 5.82 Å². The Balaban J connectivity index is 1.54. The van der Waals surface area contributed by atoms with Crippen LogP contribution in [0.2, 0.25) is 0 Å². The highest BCUT2D eigenvalue weighted by Gasteiger charge is 2.23. The van der Waals surface area contributed by atoms with Crippen LogP contribution in [0.25, 0.3) is 0 Å². The number of likely N-dealkylation sites (N-methyl/N-ethyl adjacent to an activating group) is 1. The van der Waals surface area contributed by atoms with Crippen LogP contribution in [0.4, 0.5) is 27.9 Å². The lowest BCUT2D eigenvalue weighted by Crippen LogP contribution is -2.35.